The van der Waals surface area contributed by atoms with Crippen molar-refractivity contribution in [2.75, 3.05) is 7.05 Å². The molecule has 0 spiro atoms. The number of halogens is 3. The molecular formula is C18H21F3N2O. The molecule has 0 aliphatic heterocycles. The van der Waals surface area contributed by atoms with Crippen LogP contribution in [0.4, 0.5) is 13.2 Å². The fraction of sp³-hybridized carbons (Fsp3) is 0.333. The first-order valence-corrected chi connectivity index (χ1v) is 7.56. The van der Waals surface area contributed by atoms with Crippen LogP contribution in [0, 0.1) is 0 Å². The van der Waals surface area contributed by atoms with E-state index in [1.807, 2.05) is 6.92 Å². The quantitative estimate of drug-likeness (QED) is 0.902. The lowest BCUT2D eigenvalue weighted by atomic mass is 10.1. The molecule has 1 N–H and O–H groups in total. The first-order chi connectivity index (χ1) is 11.3. The van der Waals surface area contributed by atoms with E-state index in [1.54, 1.807) is 44.4 Å². The predicted octanol–water partition coefficient (Wildman–Crippen LogP) is 4.34. The van der Waals surface area contributed by atoms with E-state index in [0.29, 0.717) is 11.3 Å². The smallest absolute Gasteiger partial charge is 0.311 e. The van der Waals surface area contributed by atoms with Crippen LogP contribution in [0.5, 0.6) is 0 Å². The third kappa shape index (κ3) is 6.12. The molecule has 1 atom stereocenters. The van der Waals surface area contributed by atoms with Crippen LogP contribution in [0.15, 0.2) is 48.7 Å². The average molecular weight is 338 g/mol. The van der Waals surface area contributed by atoms with Gasteiger partial charge in [0.15, 0.2) is 0 Å². The zero-order valence-electron chi connectivity index (χ0n) is 13.9. The van der Waals surface area contributed by atoms with Crippen molar-refractivity contribution in [1.29, 1.82) is 0 Å². The molecule has 1 heterocycles. The Morgan fingerprint density at radius 1 is 1.21 bits per heavy atom. The third-order valence-corrected chi connectivity index (χ3v) is 3.40. The molecule has 0 unspecified atom stereocenters. The normalized spacial score (nSPS) is 12.1. The Bertz CT molecular complexity index is 638. The van der Waals surface area contributed by atoms with Crippen LogP contribution in [-0.2, 0) is 11.0 Å². The second kappa shape index (κ2) is 9.17. The second-order valence-corrected chi connectivity index (χ2v) is 5.15. The Morgan fingerprint density at radius 3 is 2.33 bits per heavy atom. The largest absolute Gasteiger partial charge is 0.416 e. The SMILES string of the molecule is CC[C@H](NC)C(C)=O.FC(F)(F)c1cccc(-c2ccccn2)c1. The Hall–Kier alpha value is -2.21. The molecule has 1 aromatic carbocycles. The molecule has 0 amide bonds. The van der Waals surface area contributed by atoms with Gasteiger partial charge in [0.2, 0.25) is 0 Å². The molecule has 0 fully saturated rings. The molecule has 0 saturated carbocycles. The number of carbonyl (C=O) groups is 1. The van der Waals surface area contributed by atoms with E-state index >= 15 is 0 Å². The average Bonchev–Trinajstić information content (AvgIpc) is 2.56. The van der Waals surface area contributed by atoms with E-state index < -0.39 is 11.7 Å². The van der Waals surface area contributed by atoms with Crippen molar-refractivity contribution >= 4 is 5.78 Å². The zero-order valence-corrected chi connectivity index (χ0v) is 13.9. The summed E-state index contributed by atoms with van der Waals surface area (Å²) in [5.74, 6) is 0.218. The lowest BCUT2D eigenvalue weighted by Gasteiger charge is -2.08. The van der Waals surface area contributed by atoms with Gasteiger partial charge in [0.25, 0.3) is 0 Å². The van der Waals surface area contributed by atoms with Crippen molar-refractivity contribution in [3.8, 4) is 11.3 Å². The van der Waals surface area contributed by atoms with Gasteiger partial charge in [-0.15, -0.1) is 0 Å². The van der Waals surface area contributed by atoms with Crippen molar-refractivity contribution in [3.05, 3.63) is 54.2 Å². The van der Waals surface area contributed by atoms with E-state index in [-0.39, 0.29) is 11.8 Å². The number of benzene rings is 1. The van der Waals surface area contributed by atoms with Gasteiger partial charge >= 0.3 is 6.18 Å². The van der Waals surface area contributed by atoms with E-state index in [2.05, 4.69) is 10.3 Å². The summed E-state index contributed by atoms with van der Waals surface area (Å²) in [6.45, 7) is 3.59. The van der Waals surface area contributed by atoms with E-state index in [1.165, 1.54) is 6.07 Å². The summed E-state index contributed by atoms with van der Waals surface area (Å²) in [6, 6.07) is 10.3. The number of pyridine rings is 1. The molecule has 24 heavy (non-hydrogen) atoms. The fourth-order valence-electron chi connectivity index (χ4n) is 2.08. The molecule has 0 saturated heterocycles. The number of nitrogens with one attached hydrogen (secondary N) is 1. The van der Waals surface area contributed by atoms with Gasteiger partial charge in [-0.05, 0) is 44.7 Å². The number of Topliss-reactive ketones (excluding diaryl/α,β-unsaturated/α-hetero) is 1. The number of likely N-dealkylation sites (N-methyl/N-ethyl adjacent to an activating group) is 1. The second-order valence-electron chi connectivity index (χ2n) is 5.15. The highest BCUT2D eigenvalue weighted by Crippen LogP contribution is 2.31. The van der Waals surface area contributed by atoms with Crippen LogP contribution in [0.3, 0.4) is 0 Å². The minimum atomic E-state index is -4.31. The lowest BCUT2D eigenvalue weighted by Crippen LogP contribution is -2.31. The molecule has 130 valence electrons. The highest BCUT2D eigenvalue weighted by atomic mass is 19.4. The van der Waals surface area contributed by atoms with Gasteiger partial charge in [-0.1, -0.05) is 25.1 Å². The van der Waals surface area contributed by atoms with E-state index in [0.717, 1.165) is 18.6 Å². The van der Waals surface area contributed by atoms with Gasteiger partial charge in [0.1, 0.15) is 5.78 Å². The molecular weight excluding hydrogens is 317 g/mol. The summed E-state index contributed by atoms with van der Waals surface area (Å²) >= 11 is 0. The third-order valence-electron chi connectivity index (χ3n) is 3.40. The lowest BCUT2D eigenvalue weighted by molar-refractivity contribution is -0.137. The Morgan fingerprint density at radius 2 is 1.92 bits per heavy atom. The van der Waals surface area contributed by atoms with Crippen LogP contribution in [-0.4, -0.2) is 23.9 Å². The molecule has 0 bridgehead atoms. The van der Waals surface area contributed by atoms with E-state index in [4.69, 9.17) is 0 Å². The number of nitrogens with zero attached hydrogens (tertiary/aromatic N) is 1. The van der Waals surface area contributed by atoms with Gasteiger partial charge in [-0.3, -0.25) is 9.78 Å². The summed E-state index contributed by atoms with van der Waals surface area (Å²) < 4.78 is 37.4. The maximum absolute atomic E-state index is 12.5. The highest BCUT2D eigenvalue weighted by molar-refractivity contribution is 5.81. The number of rotatable bonds is 4. The van der Waals surface area contributed by atoms with Gasteiger partial charge in [0.05, 0.1) is 17.3 Å². The molecule has 2 rings (SSSR count). The van der Waals surface area contributed by atoms with Crippen LogP contribution in [0.25, 0.3) is 11.3 Å². The predicted molar refractivity (Wildman–Crippen MR) is 88.5 cm³/mol. The van der Waals surface area contributed by atoms with Gasteiger partial charge in [-0.2, -0.15) is 13.2 Å². The molecule has 1 aromatic heterocycles. The standard InChI is InChI=1S/C12H8F3N.C6H13NO/c13-12(14,15)10-5-3-4-9(8-10)11-6-1-2-7-16-11;1-4-6(7-3)5(2)8/h1-8H;6-7H,4H2,1-3H3/t;6-/m.0/s1. The molecule has 0 aliphatic carbocycles. The van der Waals surface area contributed by atoms with Crippen molar-refractivity contribution in [2.45, 2.75) is 32.5 Å². The molecule has 6 heteroatoms. The maximum atomic E-state index is 12.5. The van der Waals surface area contributed by atoms with Crippen LogP contribution >= 0.6 is 0 Å². The molecule has 3 nitrogen and oxygen atoms in total. The van der Waals surface area contributed by atoms with Crippen molar-refractivity contribution in [3.63, 3.8) is 0 Å². The zero-order chi connectivity index (χ0) is 18.2. The summed E-state index contributed by atoms with van der Waals surface area (Å²) in [4.78, 5) is 14.5. The Labute approximate surface area is 139 Å². The van der Waals surface area contributed by atoms with Crippen molar-refractivity contribution in [1.82, 2.24) is 10.3 Å². The number of carbonyl (C=O) groups excluding carboxylic acids is 1. The number of ketones is 1. The monoisotopic (exact) mass is 338 g/mol. The van der Waals surface area contributed by atoms with Gasteiger partial charge < -0.3 is 5.32 Å². The molecule has 0 radical (unpaired) electrons. The van der Waals surface area contributed by atoms with Crippen LogP contribution < -0.4 is 5.32 Å². The minimum Gasteiger partial charge on any atom is -0.311 e. The van der Waals surface area contributed by atoms with E-state index in [9.17, 15) is 18.0 Å². The molecule has 0 aliphatic rings. The highest BCUT2D eigenvalue weighted by Gasteiger charge is 2.30. The first kappa shape index (κ1) is 19.8. The van der Waals surface area contributed by atoms with Gasteiger partial charge in [-0.25, -0.2) is 0 Å². The maximum Gasteiger partial charge on any atom is 0.416 e. The molecule has 2 aromatic rings. The van der Waals surface area contributed by atoms with Crippen molar-refractivity contribution in [2.24, 2.45) is 0 Å². The summed E-state index contributed by atoms with van der Waals surface area (Å²) in [6.07, 6.45) is -1.88. The number of hydrogen-bond acceptors (Lipinski definition) is 3. The topological polar surface area (TPSA) is 42.0 Å². The number of alkyl halides is 3. The first-order valence-electron chi connectivity index (χ1n) is 7.56. The Kier molecular flexibility index (Phi) is 7.58. The number of aromatic nitrogens is 1. The summed E-state index contributed by atoms with van der Waals surface area (Å²) in [5, 5.41) is 2.90. The van der Waals surface area contributed by atoms with Crippen molar-refractivity contribution < 1.29 is 18.0 Å². The fourth-order valence-corrected chi connectivity index (χ4v) is 2.08. The Balaban J connectivity index is 0.000000307. The number of hydrogen-bond donors (Lipinski definition) is 1. The summed E-state index contributed by atoms with van der Waals surface area (Å²) in [7, 11) is 1.80. The van der Waals surface area contributed by atoms with Gasteiger partial charge in [0, 0.05) is 11.8 Å². The minimum absolute atomic E-state index is 0.0648. The van der Waals surface area contributed by atoms with Crippen LogP contribution in [0.2, 0.25) is 0 Å². The van der Waals surface area contributed by atoms with Crippen LogP contribution in [0.1, 0.15) is 25.8 Å². The summed E-state index contributed by atoms with van der Waals surface area (Å²) in [5.41, 5.74) is 0.347.